The number of imidazole rings is 1. The predicted molar refractivity (Wildman–Crippen MR) is 78.3 cm³/mol. The van der Waals surface area contributed by atoms with E-state index < -0.39 is 5.60 Å². The lowest BCUT2D eigenvalue weighted by atomic mass is 10.0. The molecule has 0 radical (unpaired) electrons. The van der Waals surface area contributed by atoms with Gasteiger partial charge >= 0.3 is 0 Å². The zero-order valence-electron chi connectivity index (χ0n) is 12.0. The van der Waals surface area contributed by atoms with Crippen molar-refractivity contribution in [3.8, 4) is 0 Å². The van der Waals surface area contributed by atoms with E-state index in [0.29, 0.717) is 13.0 Å². The Morgan fingerprint density at radius 3 is 2.74 bits per heavy atom. The molecule has 0 spiro atoms. The summed E-state index contributed by atoms with van der Waals surface area (Å²) in [5.74, 6) is 0.951. The van der Waals surface area contributed by atoms with Gasteiger partial charge < -0.3 is 15.0 Å². The summed E-state index contributed by atoms with van der Waals surface area (Å²) in [6.45, 7) is 8.31. The van der Waals surface area contributed by atoms with Gasteiger partial charge in [0.05, 0.1) is 16.6 Å². The van der Waals surface area contributed by atoms with Gasteiger partial charge in [0.25, 0.3) is 0 Å². The molecule has 1 aromatic heterocycles. The Morgan fingerprint density at radius 1 is 1.32 bits per heavy atom. The summed E-state index contributed by atoms with van der Waals surface area (Å²) in [6.07, 6.45) is 0.558. The Hall–Kier alpha value is -1.39. The minimum atomic E-state index is -0.774. The zero-order chi connectivity index (χ0) is 13.9. The number of rotatable bonds is 6. The molecule has 2 rings (SSSR count). The van der Waals surface area contributed by atoms with Crippen molar-refractivity contribution in [2.24, 2.45) is 0 Å². The molecule has 1 unspecified atom stereocenters. The molecular formula is C15H23N3O. The van der Waals surface area contributed by atoms with Crippen molar-refractivity contribution in [3.63, 3.8) is 0 Å². The highest BCUT2D eigenvalue weighted by Gasteiger charge is 2.23. The molecule has 0 amide bonds. The first-order valence-electron chi connectivity index (χ1n) is 6.94. The zero-order valence-corrected chi connectivity index (χ0v) is 12.0. The Morgan fingerprint density at radius 2 is 2.05 bits per heavy atom. The number of benzene rings is 1. The highest BCUT2D eigenvalue weighted by molar-refractivity contribution is 5.75. The monoisotopic (exact) mass is 261 g/mol. The van der Waals surface area contributed by atoms with E-state index in [-0.39, 0.29) is 0 Å². The lowest BCUT2D eigenvalue weighted by Gasteiger charge is -2.23. The molecule has 0 fully saturated rings. The van der Waals surface area contributed by atoms with Crippen LogP contribution in [-0.4, -0.2) is 33.3 Å². The van der Waals surface area contributed by atoms with E-state index in [0.717, 1.165) is 29.9 Å². The summed E-state index contributed by atoms with van der Waals surface area (Å²) in [5.41, 5.74) is 1.36. The first-order valence-corrected chi connectivity index (χ1v) is 6.94. The maximum absolute atomic E-state index is 10.4. The average Bonchev–Trinajstić information content (AvgIpc) is 2.72. The Bertz CT molecular complexity index is 545. The van der Waals surface area contributed by atoms with Crippen LogP contribution in [0.5, 0.6) is 0 Å². The molecule has 104 valence electrons. The highest BCUT2D eigenvalue weighted by Crippen LogP contribution is 2.19. The number of aromatic nitrogens is 2. The van der Waals surface area contributed by atoms with Crippen LogP contribution < -0.4 is 5.32 Å². The summed E-state index contributed by atoms with van der Waals surface area (Å²) in [6, 6.07) is 8.12. The van der Waals surface area contributed by atoms with Gasteiger partial charge in [0, 0.05) is 19.5 Å². The fourth-order valence-electron chi connectivity index (χ4n) is 2.41. The number of likely N-dealkylation sites (N-methyl/N-ethyl adjacent to an activating group) is 1. The van der Waals surface area contributed by atoms with Crippen LogP contribution in [0.15, 0.2) is 24.3 Å². The minimum Gasteiger partial charge on any atom is -0.388 e. The number of nitrogens with one attached hydrogen (secondary N) is 1. The smallest absolute Gasteiger partial charge is 0.112 e. The summed E-state index contributed by atoms with van der Waals surface area (Å²) >= 11 is 0. The van der Waals surface area contributed by atoms with Crippen LogP contribution in [0.2, 0.25) is 0 Å². The second kappa shape index (κ2) is 5.72. The van der Waals surface area contributed by atoms with E-state index in [1.54, 1.807) is 0 Å². The van der Waals surface area contributed by atoms with Gasteiger partial charge in [-0.1, -0.05) is 19.1 Å². The van der Waals surface area contributed by atoms with E-state index in [2.05, 4.69) is 27.9 Å². The fourth-order valence-corrected chi connectivity index (χ4v) is 2.41. The third-order valence-electron chi connectivity index (χ3n) is 3.34. The Balaban J connectivity index is 2.29. The van der Waals surface area contributed by atoms with Crippen molar-refractivity contribution < 1.29 is 5.11 Å². The number of aryl methyl sites for hydroxylation is 1. The molecule has 4 nitrogen and oxygen atoms in total. The topological polar surface area (TPSA) is 50.1 Å². The van der Waals surface area contributed by atoms with E-state index in [9.17, 15) is 5.11 Å². The lowest BCUT2D eigenvalue weighted by molar-refractivity contribution is 0.0580. The van der Waals surface area contributed by atoms with Gasteiger partial charge in [-0.2, -0.15) is 0 Å². The first-order chi connectivity index (χ1) is 9.07. The maximum atomic E-state index is 10.4. The molecule has 19 heavy (non-hydrogen) atoms. The number of hydrogen-bond acceptors (Lipinski definition) is 3. The van der Waals surface area contributed by atoms with Crippen molar-refractivity contribution in [2.75, 3.05) is 13.1 Å². The Labute approximate surface area is 114 Å². The van der Waals surface area contributed by atoms with Crippen molar-refractivity contribution in [2.45, 2.75) is 39.3 Å². The summed E-state index contributed by atoms with van der Waals surface area (Å²) < 4.78 is 2.18. The number of fused-ring (bicyclic) bond motifs is 1. The summed E-state index contributed by atoms with van der Waals surface area (Å²) in [5, 5.41) is 13.6. The van der Waals surface area contributed by atoms with Crippen molar-refractivity contribution in [1.29, 1.82) is 0 Å². The average molecular weight is 261 g/mol. The summed E-state index contributed by atoms with van der Waals surface area (Å²) in [7, 11) is 0. The van der Waals surface area contributed by atoms with E-state index >= 15 is 0 Å². The molecule has 0 aliphatic carbocycles. The van der Waals surface area contributed by atoms with Crippen LogP contribution in [0.4, 0.5) is 0 Å². The van der Waals surface area contributed by atoms with Crippen LogP contribution >= 0.6 is 0 Å². The molecule has 1 heterocycles. The molecule has 0 bridgehead atoms. The van der Waals surface area contributed by atoms with Gasteiger partial charge in [-0.25, -0.2) is 4.98 Å². The largest absolute Gasteiger partial charge is 0.388 e. The van der Waals surface area contributed by atoms with Crippen LogP contribution in [0.1, 0.15) is 26.6 Å². The first kappa shape index (κ1) is 14.0. The predicted octanol–water partition coefficient (Wildman–Crippen LogP) is 1.96. The third kappa shape index (κ3) is 3.14. The van der Waals surface area contributed by atoms with Crippen LogP contribution in [-0.2, 0) is 13.0 Å². The molecule has 0 aliphatic rings. The van der Waals surface area contributed by atoms with Crippen LogP contribution in [0.3, 0.4) is 0 Å². The van der Waals surface area contributed by atoms with Gasteiger partial charge in [-0.15, -0.1) is 0 Å². The Kier molecular flexibility index (Phi) is 4.22. The highest BCUT2D eigenvalue weighted by atomic mass is 16.3. The van der Waals surface area contributed by atoms with E-state index in [1.165, 1.54) is 0 Å². The standard InChI is InChI=1S/C15H23N3O/c1-4-16-11-15(3,19)10-14-17-12-8-6-7-9-13(12)18(14)5-2/h6-9,16,19H,4-5,10-11H2,1-3H3. The van der Waals surface area contributed by atoms with Gasteiger partial charge in [-0.05, 0) is 32.5 Å². The van der Waals surface area contributed by atoms with Crippen molar-refractivity contribution in [3.05, 3.63) is 30.1 Å². The van der Waals surface area contributed by atoms with Gasteiger partial charge in [0.1, 0.15) is 5.82 Å². The van der Waals surface area contributed by atoms with Crippen LogP contribution in [0.25, 0.3) is 11.0 Å². The van der Waals surface area contributed by atoms with Crippen LogP contribution in [0, 0.1) is 0 Å². The van der Waals surface area contributed by atoms with Gasteiger partial charge in [-0.3, -0.25) is 0 Å². The fraction of sp³-hybridized carbons (Fsp3) is 0.533. The molecule has 1 atom stereocenters. The molecule has 4 heteroatoms. The number of para-hydroxylation sites is 2. The number of hydrogen-bond donors (Lipinski definition) is 2. The summed E-state index contributed by atoms with van der Waals surface area (Å²) in [4.78, 5) is 4.65. The van der Waals surface area contributed by atoms with Gasteiger partial charge in [0.15, 0.2) is 0 Å². The third-order valence-corrected chi connectivity index (χ3v) is 3.34. The lowest BCUT2D eigenvalue weighted by Crippen LogP contribution is -2.40. The van der Waals surface area contributed by atoms with Crippen molar-refractivity contribution >= 4 is 11.0 Å². The number of nitrogens with zero attached hydrogens (tertiary/aromatic N) is 2. The second-order valence-electron chi connectivity index (χ2n) is 5.22. The maximum Gasteiger partial charge on any atom is 0.112 e. The molecule has 0 aliphatic heterocycles. The quantitative estimate of drug-likeness (QED) is 0.835. The molecule has 2 aromatic rings. The normalized spacial score (nSPS) is 14.7. The number of aliphatic hydroxyl groups is 1. The molecule has 2 N–H and O–H groups in total. The molecule has 0 saturated heterocycles. The van der Waals surface area contributed by atoms with Crippen molar-refractivity contribution in [1.82, 2.24) is 14.9 Å². The SMILES string of the molecule is CCNCC(C)(O)Cc1nc2ccccc2n1CC. The molecule has 1 aromatic carbocycles. The van der Waals surface area contributed by atoms with E-state index in [1.807, 2.05) is 32.0 Å². The second-order valence-corrected chi connectivity index (χ2v) is 5.22. The van der Waals surface area contributed by atoms with Gasteiger partial charge in [0.2, 0.25) is 0 Å². The molecule has 0 saturated carbocycles. The van der Waals surface area contributed by atoms with E-state index in [4.69, 9.17) is 0 Å². The minimum absolute atomic E-state index is 0.558. The molecular weight excluding hydrogens is 238 g/mol.